The van der Waals surface area contributed by atoms with Gasteiger partial charge in [-0.1, -0.05) is 13.8 Å². The first-order valence-corrected chi connectivity index (χ1v) is 6.94. The zero-order chi connectivity index (χ0) is 15.1. The summed E-state index contributed by atoms with van der Waals surface area (Å²) in [7, 11) is 0. The van der Waals surface area contributed by atoms with Gasteiger partial charge >= 0.3 is 0 Å². The lowest BCUT2D eigenvalue weighted by Gasteiger charge is -2.18. The number of amides is 1. The Labute approximate surface area is 120 Å². The van der Waals surface area contributed by atoms with Crippen molar-refractivity contribution in [3.63, 3.8) is 0 Å². The fourth-order valence-corrected chi connectivity index (χ4v) is 1.37. The molecule has 0 aliphatic rings. The van der Waals surface area contributed by atoms with Gasteiger partial charge in [-0.2, -0.15) is 0 Å². The van der Waals surface area contributed by atoms with Crippen LogP contribution in [-0.4, -0.2) is 70.1 Å². The van der Waals surface area contributed by atoms with Crippen molar-refractivity contribution in [2.45, 2.75) is 20.3 Å². The van der Waals surface area contributed by atoms with Gasteiger partial charge in [0.05, 0.1) is 26.4 Å². The van der Waals surface area contributed by atoms with Gasteiger partial charge in [0.25, 0.3) is 6.47 Å². The Hall–Kier alpha value is -1.18. The van der Waals surface area contributed by atoms with Gasteiger partial charge in [0, 0.05) is 13.2 Å². The van der Waals surface area contributed by atoms with E-state index in [9.17, 15) is 9.59 Å². The largest absolute Gasteiger partial charge is 0.452 e. The third-order valence-electron chi connectivity index (χ3n) is 2.43. The Morgan fingerprint density at radius 3 is 2.45 bits per heavy atom. The summed E-state index contributed by atoms with van der Waals surface area (Å²) in [6, 6.07) is 0. The van der Waals surface area contributed by atoms with E-state index in [0.717, 1.165) is 13.0 Å². The van der Waals surface area contributed by atoms with Crippen molar-refractivity contribution in [1.82, 2.24) is 10.2 Å². The molecular formula is C13H26N2O5. The average molecular weight is 290 g/mol. The van der Waals surface area contributed by atoms with E-state index >= 15 is 0 Å². The lowest BCUT2D eigenvalue weighted by molar-refractivity contribution is -0.135. The summed E-state index contributed by atoms with van der Waals surface area (Å²) in [5, 5.41) is 2.74. The van der Waals surface area contributed by atoms with E-state index in [4.69, 9.17) is 9.47 Å². The van der Waals surface area contributed by atoms with Crippen LogP contribution in [-0.2, 0) is 23.8 Å². The van der Waals surface area contributed by atoms with Crippen LogP contribution in [0, 0.1) is 0 Å². The second-order valence-corrected chi connectivity index (χ2v) is 4.11. The molecule has 0 unspecified atom stereocenters. The molecule has 0 fully saturated rings. The summed E-state index contributed by atoms with van der Waals surface area (Å²) in [6.07, 6.45) is 0.998. The highest BCUT2D eigenvalue weighted by Crippen LogP contribution is 1.87. The summed E-state index contributed by atoms with van der Waals surface area (Å²) in [4.78, 5) is 23.4. The molecule has 0 saturated carbocycles. The fourth-order valence-electron chi connectivity index (χ4n) is 1.37. The van der Waals surface area contributed by atoms with E-state index in [2.05, 4.69) is 17.0 Å². The van der Waals surface area contributed by atoms with Crippen molar-refractivity contribution in [1.29, 1.82) is 0 Å². The highest BCUT2D eigenvalue weighted by atomic mass is 16.5. The summed E-state index contributed by atoms with van der Waals surface area (Å²) in [5.41, 5.74) is 0. The number of nitrogens with zero attached hydrogens (tertiary/aromatic N) is 1. The molecule has 0 aliphatic carbocycles. The molecule has 0 spiro atoms. The molecule has 20 heavy (non-hydrogen) atoms. The topological polar surface area (TPSA) is 77.1 Å². The van der Waals surface area contributed by atoms with Gasteiger partial charge in [-0.05, 0) is 13.0 Å². The van der Waals surface area contributed by atoms with Gasteiger partial charge in [-0.15, -0.1) is 0 Å². The number of hydrogen-bond acceptors (Lipinski definition) is 6. The number of hydrogen-bond donors (Lipinski definition) is 1. The molecule has 0 radical (unpaired) electrons. The molecule has 0 aliphatic heterocycles. The van der Waals surface area contributed by atoms with Gasteiger partial charge in [0.2, 0.25) is 5.91 Å². The SMILES string of the molecule is CCCOCCOCCNC(=O)CN(CC)COC=O. The van der Waals surface area contributed by atoms with Gasteiger partial charge < -0.3 is 19.5 Å². The predicted molar refractivity (Wildman–Crippen MR) is 74.2 cm³/mol. The lowest BCUT2D eigenvalue weighted by Crippen LogP contribution is -2.39. The highest BCUT2D eigenvalue weighted by Gasteiger charge is 2.08. The third-order valence-corrected chi connectivity index (χ3v) is 2.43. The van der Waals surface area contributed by atoms with E-state index in [0.29, 0.717) is 39.4 Å². The van der Waals surface area contributed by atoms with Gasteiger partial charge in [0.15, 0.2) is 0 Å². The molecule has 1 N–H and O–H groups in total. The van der Waals surface area contributed by atoms with Crippen LogP contribution >= 0.6 is 0 Å². The maximum Gasteiger partial charge on any atom is 0.294 e. The number of carbonyl (C=O) groups is 2. The average Bonchev–Trinajstić information content (AvgIpc) is 2.46. The highest BCUT2D eigenvalue weighted by molar-refractivity contribution is 5.77. The normalized spacial score (nSPS) is 10.6. The summed E-state index contributed by atoms with van der Waals surface area (Å²) in [5.74, 6) is -0.118. The number of ether oxygens (including phenoxy) is 3. The van der Waals surface area contributed by atoms with E-state index in [1.807, 2.05) is 6.92 Å². The van der Waals surface area contributed by atoms with Gasteiger partial charge in [-0.25, -0.2) is 0 Å². The zero-order valence-corrected chi connectivity index (χ0v) is 12.4. The van der Waals surface area contributed by atoms with Crippen LogP contribution in [0.1, 0.15) is 20.3 Å². The summed E-state index contributed by atoms with van der Waals surface area (Å²) >= 11 is 0. The minimum absolute atomic E-state index is 0.118. The Bertz CT molecular complexity index is 251. The molecule has 0 aromatic carbocycles. The monoisotopic (exact) mass is 290 g/mol. The molecule has 0 atom stereocenters. The lowest BCUT2D eigenvalue weighted by atomic mass is 10.5. The minimum atomic E-state index is -0.118. The predicted octanol–water partition coefficient (Wildman–Crippen LogP) is -0.00180. The molecular weight excluding hydrogens is 264 g/mol. The molecule has 0 aromatic rings. The van der Waals surface area contributed by atoms with Crippen molar-refractivity contribution < 1.29 is 23.8 Å². The van der Waals surface area contributed by atoms with Crippen LogP contribution in [0.3, 0.4) is 0 Å². The summed E-state index contributed by atoms with van der Waals surface area (Å²) in [6.45, 7) is 8.03. The van der Waals surface area contributed by atoms with Crippen LogP contribution in [0.4, 0.5) is 0 Å². The first-order valence-electron chi connectivity index (χ1n) is 6.94. The Morgan fingerprint density at radius 2 is 1.85 bits per heavy atom. The second-order valence-electron chi connectivity index (χ2n) is 4.11. The maximum absolute atomic E-state index is 11.6. The first-order chi connectivity index (χ1) is 9.74. The number of carbonyl (C=O) groups excluding carboxylic acids is 2. The number of rotatable bonds is 14. The molecule has 0 rings (SSSR count). The molecule has 7 heteroatoms. The van der Waals surface area contributed by atoms with Crippen LogP contribution in [0.25, 0.3) is 0 Å². The summed E-state index contributed by atoms with van der Waals surface area (Å²) < 4.78 is 15.2. The van der Waals surface area contributed by atoms with Crippen molar-refractivity contribution >= 4 is 12.4 Å². The van der Waals surface area contributed by atoms with Gasteiger partial charge in [0.1, 0.15) is 6.73 Å². The Balaban J connectivity index is 3.45. The van der Waals surface area contributed by atoms with E-state index in [1.54, 1.807) is 4.90 Å². The fraction of sp³-hybridized carbons (Fsp3) is 0.846. The minimum Gasteiger partial charge on any atom is -0.452 e. The van der Waals surface area contributed by atoms with Crippen molar-refractivity contribution in [3.8, 4) is 0 Å². The standard InChI is InChI=1S/C13H26N2O5/c1-3-6-18-8-9-19-7-5-14-13(17)10-15(4-2)11-20-12-16/h12H,3-11H2,1-2H3,(H,14,17). The zero-order valence-electron chi connectivity index (χ0n) is 12.4. The van der Waals surface area contributed by atoms with Crippen LogP contribution in [0.5, 0.6) is 0 Å². The maximum atomic E-state index is 11.6. The van der Waals surface area contributed by atoms with Crippen LogP contribution in [0.2, 0.25) is 0 Å². The number of likely N-dealkylation sites (N-methyl/N-ethyl adjacent to an activating group) is 1. The smallest absolute Gasteiger partial charge is 0.294 e. The van der Waals surface area contributed by atoms with Gasteiger partial charge in [-0.3, -0.25) is 14.5 Å². The van der Waals surface area contributed by atoms with E-state index in [1.165, 1.54) is 0 Å². The molecule has 118 valence electrons. The molecule has 0 saturated heterocycles. The molecule has 0 bridgehead atoms. The van der Waals surface area contributed by atoms with Crippen LogP contribution < -0.4 is 5.32 Å². The molecule has 1 amide bonds. The quantitative estimate of drug-likeness (QED) is 0.276. The Morgan fingerprint density at radius 1 is 1.15 bits per heavy atom. The first kappa shape index (κ1) is 18.8. The van der Waals surface area contributed by atoms with Crippen molar-refractivity contribution in [3.05, 3.63) is 0 Å². The molecule has 7 nitrogen and oxygen atoms in total. The van der Waals surface area contributed by atoms with Crippen molar-refractivity contribution in [2.24, 2.45) is 0 Å². The van der Waals surface area contributed by atoms with Crippen molar-refractivity contribution in [2.75, 3.05) is 52.8 Å². The second kappa shape index (κ2) is 14.2. The van der Waals surface area contributed by atoms with Crippen LogP contribution in [0.15, 0.2) is 0 Å². The van der Waals surface area contributed by atoms with E-state index in [-0.39, 0.29) is 19.2 Å². The Kier molecular flexibility index (Phi) is 13.4. The number of nitrogens with one attached hydrogen (secondary N) is 1. The third kappa shape index (κ3) is 11.9. The van der Waals surface area contributed by atoms with E-state index < -0.39 is 0 Å². The molecule has 0 heterocycles. The molecule has 0 aromatic heterocycles.